The van der Waals surface area contributed by atoms with Crippen LogP contribution in [-0.4, -0.2) is 11.0 Å². The van der Waals surface area contributed by atoms with Gasteiger partial charge in [0.2, 0.25) is 0 Å². The first kappa shape index (κ1) is 9.28. The zero-order valence-corrected chi connectivity index (χ0v) is 8.67. The summed E-state index contributed by atoms with van der Waals surface area (Å²) in [5.41, 5.74) is 9.57. The molecule has 1 unspecified atom stereocenters. The van der Waals surface area contributed by atoms with Crippen molar-refractivity contribution in [3.05, 3.63) is 35.5 Å². The second-order valence-electron chi connectivity index (χ2n) is 4.03. The number of nitrogens with two attached hydrogens (primary N) is 1. The van der Waals surface area contributed by atoms with E-state index in [1.807, 2.05) is 13.1 Å². The van der Waals surface area contributed by atoms with Gasteiger partial charge in [-0.25, -0.2) is 0 Å². The third-order valence-corrected chi connectivity index (χ3v) is 2.51. The molecule has 1 aromatic carbocycles. The average Bonchev–Trinajstić information content (AvgIpc) is 2.46. The second-order valence-corrected chi connectivity index (χ2v) is 4.03. The van der Waals surface area contributed by atoms with Crippen LogP contribution < -0.4 is 5.73 Å². The zero-order chi connectivity index (χ0) is 10.1. The number of H-pyrrole nitrogens is 1. The maximum atomic E-state index is 5.76. The molecule has 1 atom stereocenters. The number of aromatic amines is 1. The standard InChI is InChI=1S/C12H16N2/c1-8-7-14-12-6-10(5-9(2)13)3-4-11(8)12/h3-4,6-7,9,14H,5,13H2,1-2H3. The summed E-state index contributed by atoms with van der Waals surface area (Å²) in [5, 5.41) is 1.30. The molecule has 2 nitrogen and oxygen atoms in total. The molecule has 0 fully saturated rings. The summed E-state index contributed by atoms with van der Waals surface area (Å²) < 4.78 is 0. The Labute approximate surface area is 84.1 Å². The Bertz CT molecular complexity index is 441. The van der Waals surface area contributed by atoms with E-state index in [4.69, 9.17) is 5.73 Å². The van der Waals surface area contributed by atoms with Gasteiger partial charge in [0.15, 0.2) is 0 Å². The largest absolute Gasteiger partial charge is 0.361 e. The van der Waals surface area contributed by atoms with Gasteiger partial charge in [-0.3, -0.25) is 0 Å². The molecule has 0 aliphatic rings. The highest BCUT2D eigenvalue weighted by atomic mass is 14.7. The maximum absolute atomic E-state index is 5.76. The Morgan fingerprint density at radius 2 is 2.21 bits per heavy atom. The van der Waals surface area contributed by atoms with Gasteiger partial charge in [0.1, 0.15) is 0 Å². The van der Waals surface area contributed by atoms with Crippen molar-refractivity contribution in [2.24, 2.45) is 5.73 Å². The molecule has 14 heavy (non-hydrogen) atoms. The van der Waals surface area contributed by atoms with E-state index in [0.29, 0.717) is 0 Å². The summed E-state index contributed by atoms with van der Waals surface area (Å²) in [5.74, 6) is 0. The van der Waals surface area contributed by atoms with Crippen LogP contribution in [0.25, 0.3) is 10.9 Å². The van der Waals surface area contributed by atoms with Crippen LogP contribution in [0.1, 0.15) is 18.1 Å². The molecule has 0 amide bonds. The molecular formula is C12H16N2. The van der Waals surface area contributed by atoms with E-state index in [2.05, 4.69) is 30.1 Å². The average molecular weight is 188 g/mol. The quantitative estimate of drug-likeness (QED) is 0.746. The summed E-state index contributed by atoms with van der Waals surface area (Å²) >= 11 is 0. The number of aromatic nitrogens is 1. The topological polar surface area (TPSA) is 41.8 Å². The minimum atomic E-state index is 0.225. The lowest BCUT2D eigenvalue weighted by Gasteiger charge is -2.04. The molecule has 2 heteroatoms. The molecule has 0 spiro atoms. The third-order valence-electron chi connectivity index (χ3n) is 2.51. The lowest BCUT2D eigenvalue weighted by Crippen LogP contribution is -2.17. The van der Waals surface area contributed by atoms with Crippen LogP contribution in [0.3, 0.4) is 0 Å². The predicted octanol–water partition coefficient (Wildman–Crippen LogP) is 2.37. The van der Waals surface area contributed by atoms with Crippen molar-refractivity contribution in [1.82, 2.24) is 4.98 Å². The number of rotatable bonds is 2. The Hall–Kier alpha value is -1.28. The van der Waals surface area contributed by atoms with Crippen molar-refractivity contribution < 1.29 is 0 Å². The van der Waals surface area contributed by atoms with Crippen LogP contribution >= 0.6 is 0 Å². The van der Waals surface area contributed by atoms with Crippen LogP contribution in [0.2, 0.25) is 0 Å². The number of aryl methyl sites for hydroxylation is 1. The van der Waals surface area contributed by atoms with E-state index in [1.165, 1.54) is 22.0 Å². The first-order valence-corrected chi connectivity index (χ1v) is 4.99. The van der Waals surface area contributed by atoms with E-state index in [1.54, 1.807) is 0 Å². The van der Waals surface area contributed by atoms with Crippen LogP contribution in [0, 0.1) is 6.92 Å². The van der Waals surface area contributed by atoms with Gasteiger partial charge in [0.05, 0.1) is 0 Å². The van der Waals surface area contributed by atoms with Gasteiger partial charge < -0.3 is 10.7 Å². The summed E-state index contributed by atoms with van der Waals surface area (Å²) in [6.07, 6.45) is 2.98. The molecule has 3 N–H and O–H groups in total. The summed E-state index contributed by atoms with van der Waals surface area (Å²) in [4.78, 5) is 3.26. The van der Waals surface area contributed by atoms with Crippen molar-refractivity contribution in [1.29, 1.82) is 0 Å². The molecule has 2 aromatic rings. The van der Waals surface area contributed by atoms with Crippen LogP contribution in [0.4, 0.5) is 0 Å². The van der Waals surface area contributed by atoms with Crippen molar-refractivity contribution in [2.45, 2.75) is 26.3 Å². The van der Waals surface area contributed by atoms with E-state index in [-0.39, 0.29) is 6.04 Å². The van der Waals surface area contributed by atoms with E-state index < -0.39 is 0 Å². The molecule has 1 aromatic heterocycles. The molecule has 0 saturated carbocycles. The van der Waals surface area contributed by atoms with E-state index in [0.717, 1.165) is 6.42 Å². The molecule has 0 aliphatic heterocycles. The maximum Gasteiger partial charge on any atom is 0.0459 e. The van der Waals surface area contributed by atoms with E-state index >= 15 is 0 Å². The Morgan fingerprint density at radius 1 is 1.43 bits per heavy atom. The predicted molar refractivity (Wildman–Crippen MR) is 60.4 cm³/mol. The number of hydrogen-bond donors (Lipinski definition) is 2. The molecule has 1 heterocycles. The summed E-state index contributed by atoms with van der Waals surface area (Å²) in [6, 6.07) is 6.74. The number of benzene rings is 1. The van der Waals surface area contributed by atoms with Crippen molar-refractivity contribution in [3.8, 4) is 0 Å². The molecule has 0 bridgehead atoms. The van der Waals surface area contributed by atoms with Gasteiger partial charge in [0.25, 0.3) is 0 Å². The zero-order valence-electron chi connectivity index (χ0n) is 8.67. The fourth-order valence-corrected chi connectivity index (χ4v) is 1.82. The third kappa shape index (κ3) is 1.66. The Balaban J connectivity index is 2.42. The van der Waals surface area contributed by atoms with Gasteiger partial charge >= 0.3 is 0 Å². The smallest absolute Gasteiger partial charge is 0.0459 e. The van der Waals surface area contributed by atoms with Gasteiger partial charge in [0, 0.05) is 23.1 Å². The van der Waals surface area contributed by atoms with E-state index in [9.17, 15) is 0 Å². The van der Waals surface area contributed by atoms with Crippen molar-refractivity contribution in [3.63, 3.8) is 0 Å². The van der Waals surface area contributed by atoms with Gasteiger partial charge in [-0.05, 0) is 37.5 Å². The SMILES string of the molecule is Cc1c[nH]c2cc(CC(C)N)ccc12. The first-order valence-electron chi connectivity index (χ1n) is 4.99. The second kappa shape index (κ2) is 3.46. The molecular weight excluding hydrogens is 172 g/mol. The van der Waals surface area contributed by atoms with Crippen LogP contribution in [-0.2, 0) is 6.42 Å². The molecule has 0 aliphatic carbocycles. The summed E-state index contributed by atoms with van der Waals surface area (Å²) in [7, 11) is 0. The number of nitrogens with one attached hydrogen (secondary N) is 1. The minimum absolute atomic E-state index is 0.225. The monoisotopic (exact) mass is 188 g/mol. The minimum Gasteiger partial charge on any atom is -0.361 e. The lowest BCUT2D eigenvalue weighted by atomic mass is 10.1. The lowest BCUT2D eigenvalue weighted by molar-refractivity contribution is 0.739. The number of hydrogen-bond acceptors (Lipinski definition) is 1. The highest BCUT2D eigenvalue weighted by Crippen LogP contribution is 2.19. The van der Waals surface area contributed by atoms with Gasteiger partial charge in [-0.1, -0.05) is 12.1 Å². The van der Waals surface area contributed by atoms with Crippen LogP contribution in [0.5, 0.6) is 0 Å². The molecule has 74 valence electrons. The van der Waals surface area contributed by atoms with Crippen molar-refractivity contribution in [2.75, 3.05) is 0 Å². The summed E-state index contributed by atoms with van der Waals surface area (Å²) in [6.45, 7) is 4.15. The van der Waals surface area contributed by atoms with Crippen molar-refractivity contribution >= 4 is 10.9 Å². The Morgan fingerprint density at radius 3 is 2.93 bits per heavy atom. The molecule has 0 radical (unpaired) electrons. The fourth-order valence-electron chi connectivity index (χ4n) is 1.82. The highest BCUT2D eigenvalue weighted by Gasteiger charge is 2.02. The fraction of sp³-hybridized carbons (Fsp3) is 0.333. The Kier molecular flexibility index (Phi) is 2.30. The first-order chi connectivity index (χ1) is 6.66. The molecule has 0 saturated heterocycles. The van der Waals surface area contributed by atoms with Gasteiger partial charge in [-0.15, -0.1) is 0 Å². The van der Waals surface area contributed by atoms with Gasteiger partial charge in [-0.2, -0.15) is 0 Å². The normalized spacial score (nSPS) is 13.4. The molecule has 2 rings (SSSR count). The van der Waals surface area contributed by atoms with Crippen LogP contribution in [0.15, 0.2) is 24.4 Å². The number of fused-ring (bicyclic) bond motifs is 1. The highest BCUT2D eigenvalue weighted by molar-refractivity contribution is 5.83.